The molecule has 1 atom stereocenters. The molecular formula is C30H24N4O4S. The number of ketones is 1. The van der Waals surface area contributed by atoms with Crippen molar-refractivity contribution < 1.29 is 19.4 Å². The minimum atomic E-state index is -0.915. The minimum absolute atomic E-state index is 0.0421. The molecule has 5 aromatic rings. The van der Waals surface area contributed by atoms with Gasteiger partial charge in [0, 0.05) is 17.8 Å². The molecule has 1 amide bonds. The maximum absolute atomic E-state index is 13.5. The summed E-state index contributed by atoms with van der Waals surface area (Å²) >= 11 is 1.24. The molecule has 1 fully saturated rings. The summed E-state index contributed by atoms with van der Waals surface area (Å²) in [7, 11) is 0. The van der Waals surface area contributed by atoms with Gasteiger partial charge in [-0.05, 0) is 48.7 Å². The molecule has 8 nitrogen and oxygen atoms in total. The quantitative estimate of drug-likeness (QED) is 0.172. The van der Waals surface area contributed by atoms with Crippen molar-refractivity contribution in [2.45, 2.75) is 26.5 Å². The van der Waals surface area contributed by atoms with Gasteiger partial charge in [-0.1, -0.05) is 48.5 Å². The Kier molecular flexibility index (Phi) is 6.20. The first-order valence-corrected chi connectivity index (χ1v) is 13.2. The number of carbonyl (C=O) groups is 2. The number of aryl methyl sites for hydroxylation is 2. The van der Waals surface area contributed by atoms with Gasteiger partial charge in [0.15, 0.2) is 10.9 Å². The van der Waals surface area contributed by atoms with Gasteiger partial charge >= 0.3 is 5.91 Å². The second-order valence-corrected chi connectivity index (χ2v) is 10.1. The average Bonchev–Trinajstić information content (AvgIpc) is 3.66. The summed E-state index contributed by atoms with van der Waals surface area (Å²) in [4.78, 5) is 37.2. The van der Waals surface area contributed by atoms with Gasteiger partial charge < -0.3 is 14.2 Å². The number of nitrogens with zero attached hydrogens (tertiary/aromatic N) is 4. The number of aromatic nitrogens is 3. The van der Waals surface area contributed by atoms with Crippen LogP contribution in [0.5, 0.6) is 5.75 Å². The molecule has 4 heterocycles. The second kappa shape index (κ2) is 9.85. The van der Waals surface area contributed by atoms with Crippen LogP contribution in [0, 0.1) is 13.8 Å². The molecule has 1 N–H and O–H groups in total. The van der Waals surface area contributed by atoms with E-state index < -0.39 is 17.7 Å². The number of anilines is 1. The van der Waals surface area contributed by atoms with Crippen molar-refractivity contribution in [3.8, 4) is 5.75 Å². The standard InChI is InChI=1S/C30H24N4O4S/c1-18-8-7-14-33-19(2)24(32-28(18)33)26(35)23-25(34(29(37)27(23)36)30-31-13-15-39-30)21-11-6-12-22(16-21)38-17-20-9-4-3-5-10-20/h3-16,25,35H,17H2,1-2H3/b26-23+. The molecule has 0 saturated carbocycles. The number of hydrogen-bond donors (Lipinski definition) is 1. The SMILES string of the molecule is Cc1cccn2c(C)c(/C(O)=C3\C(=O)C(=O)N(c4nccs4)C3c3cccc(OCc4ccccc4)c3)nc12. The zero-order valence-corrected chi connectivity index (χ0v) is 22.1. The molecule has 0 radical (unpaired) electrons. The van der Waals surface area contributed by atoms with E-state index in [1.54, 1.807) is 29.8 Å². The lowest BCUT2D eigenvalue weighted by Crippen LogP contribution is -2.29. The highest BCUT2D eigenvalue weighted by molar-refractivity contribution is 7.14. The van der Waals surface area contributed by atoms with Crippen LogP contribution in [0.4, 0.5) is 5.13 Å². The lowest BCUT2D eigenvalue weighted by molar-refractivity contribution is -0.132. The summed E-state index contributed by atoms with van der Waals surface area (Å²) in [5.74, 6) is -1.31. The van der Waals surface area contributed by atoms with E-state index in [9.17, 15) is 14.7 Å². The third-order valence-electron chi connectivity index (χ3n) is 6.80. The first-order chi connectivity index (χ1) is 18.9. The summed E-state index contributed by atoms with van der Waals surface area (Å²) in [6.45, 7) is 4.10. The van der Waals surface area contributed by atoms with Crippen LogP contribution < -0.4 is 9.64 Å². The van der Waals surface area contributed by atoms with Crippen molar-refractivity contribution >= 4 is 39.6 Å². The fourth-order valence-corrected chi connectivity index (χ4v) is 5.54. The van der Waals surface area contributed by atoms with E-state index in [2.05, 4.69) is 9.97 Å². The van der Waals surface area contributed by atoms with Crippen molar-refractivity contribution in [2.75, 3.05) is 4.90 Å². The van der Waals surface area contributed by atoms with Gasteiger partial charge in [0.2, 0.25) is 0 Å². The van der Waals surface area contributed by atoms with Crippen LogP contribution in [0.25, 0.3) is 11.4 Å². The number of hydrogen-bond acceptors (Lipinski definition) is 7. The molecule has 0 aliphatic carbocycles. The van der Waals surface area contributed by atoms with Gasteiger partial charge in [-0.3, -0.25) is 14.5 Å². The third kappa shape index (κ3) is 4.26. The van der Waals surface area contributed by atoms with E-state index in [1.807, 2.05) is 73.0 Å². The van der Waals surface area contributed by atoms with Crippen LogP contribution in [0.1, 0.15) is 34.1 Å². The maximum Gasteiger partial charge on any atom is 0.301 e. The Labute approximate surface area is 228 Å². The number of aliphatic hydroxyl groups is 1. The fourth-order valence-electron chi connectivity index (χ4n) is 4.87. The summed E-state index contributed by atoms with van der Waals surface area (Å²) in [6, 6.07) is 19.9. The number of benzene rings is 2. The zero-order valence-electron chi connectivity index (χ0n) is 21.2. The van der Waals surface area contributed by atoms with Gasteiger partial charge in [-0.25, -0.2) is 9.97 Å². The monoisotopic (exact) mass is 536 g/mol. The number of ether oxygens (including phenoxy) is 1. The lowest BCUT2D eigenvalue weighted by Gasteiger charge is -2.23. The molecule has 2 aromatic carbocycles. The number of imidazole rings is 1. The van der Waals surface area contributed by atoms with E-state index in [1.165, 1.54) is 16.2 Å². The molecular weight excluding hydrogens is 512 g/mol. The van der Waals surface area contributed by atoms with Crippen LogP contribution in [0.2, 0.25) is 0 Å². The van der Waals surface area contributed by atoms with E-state index in [0.29, 0.717) is 34.4 Å². The van der Waals surface area contributed by atoms with Crippen LogP contribution in [0.15, 0.2) is 90.1 Å². The van der Waals surface area contributed by atoms with Crippen LogP contribution in [-0.4, -0.2) is 31.2 Å². The Balaban J connectivity index is 1.48. The summed E-state index contributed by atoms with van der Waals surface area (Å²) < 4.78 is 7.88. The molecule has 3 aromatic heterocycles. The van der Waals surface area contributed by atoms with Gasteiger partial charge in [0.05, 0.1) is 17.3 Å². The summed E-state index contributed by atoms with van der Waals surface area (Å²) in [5.41, 5.74) is 4.07. The average molecular weight is 537 g/mol. The van der Waals surface area contributed by atoms with Crippen molar-refractivity contribution in [1.29, 1.82) is 0 Å². The Morgan fingerprint density at radius 2 is 1.87 bits per heavy atom. The number of thiazole rings is 1. The Morgan fingerprint density at radius 1 is 1.05 bits per heavy atom. The second-order valence-electron chi connectivity index (χ2n) is 9.26. The molecule has 1 unspecified atom stereocenters. The zero-order chi connectivity index (χ0) is 27.1. The van der Waals surface area contributed by atoms with Crippen molar-refractivity contribution in [1.82, 2.24) is 14.4 Å². The van der Waals surface area contributed by atoms with Gasteiger partial charge in [0.25, 0.3) is 5.78 Å². The highest BCUT2D eigenvalue weighted by atomic mass is 32.1. The topological polar surface area (TPSA) is 97.0 Å². The number of Topliss-reactive ketones (excluding diaryl/α,β-unsaturated/α-hetero) is 1. The molecule has 9 heteroatoms. The maximum atomic E-state index is 13.5. The molecule has 194 valence electrons. The first kappa shape index (κ1) is 24.6. The van der Waals surface area contributed by atoms with Crippen LogP contribution in [0.3, 0.4) is 0 Å². The number of rotatable bonds is 6. The van der Waals surface area contributed by atoms with E-state index in [0.717, 1.165) is 11.1 Å². The summed E-state index contributed by atoms with van der Waals surface area (Å²) in [6.07, 6.45) is 3.42. The molecule has 0 spiro atoms. The summed E-state index contributed by atoms with van der Waals surface area (Å²) in [5, 5.41) is 13.7. The number of pyridine rings is 1. The highest BCUT2D eigenvalue weighted by Gasteiger charge is 2.48. The highest BCUT2D eigenvalue weighted by Crippen LogP contribution is 2.43. The predicted octanol–water partition coefficient (Wildman–Crippen LogP) is 5.61. The number of aliphatic hydroxyl groups excluding tert-OH is 1. The van der Waals surface area contributed by atoms with E-state index in [-0.39, 0.29) is 17.0 Å². The normalized spacial score (nSPS) is 16.8. The number of amides is 1. The molecule has 1 aliphatic heterocycles. The number of fused-ring (bicyclic) bond motifs is 1. The lowest BCUT2D eigenvalue weighted by atomic mass is 9.96. The van der Waals surface area contributed by atoms with Crippen LogP contribution in [-0.2, 0) is 16.2 Å². The van der Waals surface area contributed by atoms with Gasteiger partial charge in [-0.15, -0.1) is 11.3 Å². The molecule has 39 heavy (non-hydrogen) atoms. The fraction of sp³-hybridized carbons (Fsp3) is 0.133. The Morgan fingerprint density at radius 3 is 2.62 bits per heavy atom. The predicted molar refractivity (Wildman–Crippen MR) is 149 cm³/mol. The van der Waals surface area contributed by atoms with Crippen molar-refractivity contribution in [3.05, 3.63) is 118 Å². The van der Waals surface area contributed by atoms with E-state index in [4.69, 9.17) is 4.74 Å². The first-order valence-electron chi connectivity index (χ1n) is 12.4. The number of carbonyl (C=O) groups excluding carboxylic acids is 2. The van der Waals surface area contributed by atoms with E-state index >= 15 is 0 Å². The minimum Gasteiger partial charge on any atom is -0.505 e. The Bertz CT molecular complexity index is 1740. The van der Waals surface area contributed by atoms with Gasteiger partial charge in [-0.2, -0.15) is 0 Å². The van der Waals surface area contributed by atoms with Crippen molar-refractivity contribution in [3.63, 3.8) is 0 Å². The van der Waals surface area contributed by atoms with Gasteiger partial charge in [0.1, 0.15) is 23.7 Å². The third-order valence-corrected chi connectivity index (χ3v) is 7.57. The molecule has 6 rings (SSSR count). The smallest absolute Gasteiger partial charge is 0.301 e. The largest absolute Gasteiger partial charge is 0.505 e. The molecule has 1 saturated heterocycles. The Hall–Kier alpha value is -4.76. The van der Waals surface area contributed by atoms with Crippen molar-refractivity contribution in [2.24, 2.45) is 0 Å². The molecule has 1 aliphatic rings. The van der Waals surface area contributed by atoms with Crippen LogP contribution >= 0.6 is 11.3 Å². The molecule has 0 bridgehead atoms.